The van der Waals surface area contributed by atoms with E-state index in [1.165, 1.54) is 7.11 Å². The minimum Gasteiger partial charge on any atom is -0.382 e. The second-order valence-electron chi connectivity index (χ2n) is 4.63. The van der Waals surface area contributed by atoms with Crippen LogP contribution >= 0.6 is 0 Å². The number of rotatable bonds is 4. The third kappa shape index (κ3) is 3.87. The van der Waals surface area contributed by atoms with Crippen LogP contribution in [0.2, 0.25) is 0 Å². The van der Waals surface area contributed by atoms with Crippen molar-refractivity contribution in [1.29, 1.82) is 0 Å². The van der Waals surface area contributed by atoms with Crippen molar-refractivity contribution in [3.05, 3.63) is 29.6 Å². The molecular weight excluding hydrogens is 250 g/mol. The molecule has 102 valence electrons. The van der Waals surface area contributed by atoms with Crippen LogP contribution in [0.3, 0.4) is 0 Å². The monoisotopic (exact) mass is 265 g/mol. The molecule has 0 heterocycles. The van der Waals surface area contributed by atoms with Crippen molar-refractivity contribution in [2.75, 3.05) is 19.0 Å². The maximum atomic E-state index is 13.5. The Morgan fingerprint density at radius 3 is 2.28 bits per heavy atom. The summed E-state index contributed by atoms with van der Waals surface area (Å²) in [6.45, 7) is 3.81. The zero-order valence-electron chi connectivity index (χ0n) is 10.4. The predicted octanol–water partition coefficient (Wildman–Crippen LogP) is 3.68. The van der Waals surface area contributed by atoms with Gasteiger partial charge in [-0.3, -0.25) is 0 Å². The molecule has 0 radical (unpaired) electrons. The van der Waals surface area contributed by atoms with Crippen LogP contribution in [0, 0.1) is 5.82 Å². The first-order valence-electron chi connectivity index (χ1n) is 5.29. The number of methoxy groups -OCH3 is 1. The summed E-state index contributed by atoms with van der Waals surface area (Å²) in [7, 11) is 1.49. The summed E-state index contributed by atoms with van der Waals surface area (Å²) >= 11 is 0. The molecule has 2 nitrogen and oxygen atoms in total. The van der Waals surface area contributed by atoms with Crippen LogP contribution in [-0.2, 0) is 10.9 Å². The largest absolute Gasteiger partial charge is 0.416 e. The Morgan fingerprint density at radius 1 is 1.22 bits per heavy atom. The van der Waals surface area contributed by atoms with E-state index in [1.807, 2.05) is 0 Å². The van der Waals surface area contributed by atoms with Gasteiger partial charge in [0.1, 0.15) is 5.82 Å². The van der Waals surface area contributed by atoms with E-state index in [9.17, 15) is 17.6 Å². The van der Waals surface area contributed by atoms with Crippen LogP contribution in [0.15, 0.2) is 18.2 Å². The molecule has 0 saturated carbocycles. The Morgan fingerprint density at radius 2 is 1.83 bits per heavy atom. The lowest BCUT2D eigenvalue weighted by Gasteiger charge is -2.27. The fourth-order valence-corrected chi connectivity index (χ4v) is 1.55. The molecule has 1 rings (SSSR count). The van der Waals surface area contributed by atoms with Crippen molar-refractivity contribution in [1.82, 2.24) is 0 Å². The predicted molar refractivity (Wildman–Crippen MR) is 61.0 cm³/mol. The Balaban J connectivity index is 2.93. The number of nitrogens with one attached hydrogen (secondary N) is 1. The highest BCUT2D eigenvalue weighted by atomic mass is 19.4. The van der Waals surface area contributed by atoms with Crippen LogP contribution in [0.5, 0.6) is 0 Å². The maximum Gasteiger partial charge on any atom is 0.416 e. The van der Waals surface area contributed by atoms with Crippen LogP contribution in [0.4, 0.5) is 23.2 Å². The first-order valence-corrected chi connectivity index (χ1v) is 5.29. The van der Waals surface area contributed by atoms with Crippen molar-refractivity contribution in [3.63, 3.8) is 0 Å². The molecule has 0 aliphatic rings. The van der Waals surface area contributed by atoms with E-state index >= 15 is 0 Å². The van der Waals surface area contributed by atoms with Gasteiger partial charge in [-0.2, -0.15) is 13.2 Å². The van der Waals surface area contributed by atoms with E-state index < -0.39 is 23.1 Å². The fraction of sp³-hybridized carbons (Fsp3) is 0.500. The number of benzene rings is 1. The first-order chi connectivity index (χ1) is 8.15. The minimum atomic E-state index is -4.54. The van der Waals surface area contributed by atoms with Gasteiger partial charge in [-0.1, -0.05) is 0 Å². The van der Waals surface area contributed by atoms with Gasteiger partial charge in [0.15, 0.2) is 0 Å². The van der Waals surface area contributed by atoms with Gasteiger partial charge in [-0.05, 0) is 32.0 Å². The van der Waals surface area contributed by atoms with E-state index in [2.05, 4.69) is 5.32 Å². The first kappa shape index (κ1) is 14.8. The number of halogens is 4. The fourth-order valence-electron chi connectivity index (χ4n) is 1.55. The summed E-state index contributed by atoms with van der Waals surface area (Å²) in [5.74, 6) is -0.936. The molecular formula is C12H15F4NO. The number of alkyl halides is 3. The molecule has 0 bridgehead atoms. The van der Waals surface area contributed by atoms with Gasteiger partial charge in [0.2, 0.25) is 0 Å². The molecule has 0 saturated heterocycles. The standard InChI is InChI=1S/C12H15F4NO/c1-11(2,7-18-3)17-10-5-4-8(6-9(10)13)12(14,15)16/h4-6,17H,7H2,1-3H3. The van der Waals surface area contributed by atoms with Crippen molar-refractivity contribution in [2.45, 2.75) is 25.6 Å². The maximum absolute atomic E-state index is 13.5. The van der Waals surface area contributed by atoms with Crippen molar-refractivity contribution < 1.29 is 22.3 Å². The SMILES string of the molecule is COCC(C)(C)Nc1ccc(C(F)(F)F)cc1F. The summed E-state index contributed by atoms with van der Waals surface area (Å²) < 4.78 is 55.5. The average Bonchev–Trinajstić information content (AvgIpc) is 2.19. The lowest BCUT2D eigenvalue weighted by molar-refractivity contribution is -0.137. The molecule has 0 aliphatic carbocycles. The summed E-state index contributed by atoms with van der Waals surface area (Å²) in [5, 5.41) is 2.80. The average molecular weight is 265 g/mol. The third-order valence-electron chi connectivity index (χ3n) is 2.27. The van der Waals surface area contributed by atoms with Gasteiger partial charge in [0, 0.05) is 7.11 Å². The molecule has 0 fully saturated rings. The summed E-state index contributed by atoms with van der Waals surface area (Å²) in [4.78, 5) is 0. The number of anilines is 1. The molecule has 0 amide bonds. The minimum absolute atomic E-state index is 0.0186. The highest BCUT2D eigenvalue weighted by molar-refractivity contribution is 5.48. The topological polar surface area (TPSA) is 21.3 Å². The van der Waals surface area contributed by atoms with Gasteiger partial charge in [-0.25, -0.2) is 4.39 Å². The van der Waals surface area contributed by atoms with Gasteiger partial charge in [0.05, 0.1) is 23.4 Å². The van der Waals surface area contributed by atoms with E-state index in [1.54, 1.807) is 13.8 Å². The molecule has 0 spiro atoms. The van der Waals surface area contributed by atoms with E-state index in [-0.39, 0.29) is 5.69 Å². The molecule has 6 heteroatoms. The number of ether oxygens (including phenoxy) is 1. The zero-order chi connectivity index (χ0) is 14.0. The molecule has 1 N–H and O–H groups in total. The second-order valence-corrected chi connectivity index (χ2v) is 4.63. The highest BCUT2D eigenvalue weighted by Gasteiger charge is 2.31. The van der Waals surface area contributed by atoms with E-state index in [0.29, 0.717) is 12.7 Å². The Kier molecular flexibility index (Phi) is 4.21. The summed E-state index contributed by atoms with van der Waals surface area (Å²) in [6, 6.07) is 2.40. The molecule has 1 aromatic carbocycles. The molecule has 0 atom stereocenters. The molecule has 1 aromatic rings. The van der Waals surface area contributed by atoms with Crippen LogP contribution in [-0.4, -0.2) is 19.3 Å². The van der Waals surface area contributed by atoms with Gasteiger partial charge < -0.3 is 10.1 Å². The lowest BCUT2D eigenvalue weighted by atomic mass is 10.1. The van der Waals surface area contributed by atoms with Crippen LogP contribution in [0.25, 0.3) is 0 Å². The summed E-state index contributed by atoms with van der Waals surface area (Å²) in [5.41, 5.74) is -1.56. The van der Waals surface area contributed by atoms with E-state index in [0.717, 1.165) is 12.1 Å². The lowest BCUT2D eigenvalue weighted by Crippen LogP contribution is -2.36. The quantitative estimate of drug-likeness (QED) is 0.838. The van der Waals surface area contributed by atoms with Crippen molar-refractivity contribution in [3.8, 4) is 0 Å². The van der Waals surface area contributed by atoms with Gasteiger partial charge >= 0.3 is 6.18 Å². The Hall–Kier alpha value is -1.30. The van der Waals surface area contributed by atoms with Crippen molar-refractivity contribution in [2.24, 2.45) is 0 Å². The molecule has 0 aliphatic heterocycles. The second kappa shape index (κ2) is 5.14. The number of hydrogen-bond acceptors (Lipinski definition) is 2. The van der Waals surface area contributed by atoms with Crippen LogP contribution in [0.1, 0.15) is 19.4 Å². The highest BCUT2D eigenvalue weighted by Crippen LogP contribution is 2.31. The Labute approximate surface area is 103 Å². The van der Waals surface area contributed by atoms with Gasteiger partial charge in [0.25, 0.3) is 0 Å². The van der Waals surface area contributed by atoms with Gasteiger partial charge in [-0.15, -0.1) is 0 Å². The van der Waals surface area contributed by atoms with E-state index in [4.69, 9.17) is 4.74 Å². The number of hydrogen-bond donors (Lipinski definition) is 1. The molecule has 0 aromatic heterocycles. The molecule has 18 heavy (non-hydrogen) atoms. The Bertz CT molecular complexity index is 415. The third-order valence-corrected chi connectivity index (χ3v) is 2.27. The normalized spacial score (nSPS) is 12.6. The smallest absolute Gasteiger partial charge is 0.382 e. The summed E-state index contributed by atoms with van der Waals surface area (Å²) in [6.07, 6.45) is -4.54. The van der Waals surface area contributed by atoms with Crippen molar-refractivity contribution >= 4 is 5.69 Å². The molecule has 0 unspecified atom stereocenters. The van der Waals surface area contributed by atoms with Crippen LogP contribution < -0.4 is 5.32 Å². The zero-order valence-corrected chi connectivity index (χ0v) is 10.4.